The lowest BCUT2D eigenvalue weighted by Gasteiger charge is -2.15. The van der Waals surface area contributed by atoms with E-state index in [9.17, 15) is 0 Å². The van der Waals surface area contributed by atoms with Crippen LogP contribution in [0.1, 0.15) is 16.9 Å². The Bertz CT molecular complexity index is 527. The van der Waals surface area contributed by atoms with Crippen LogP contribution in [-0.4, -0.2) is 13.2 Å². The number of nitrogens with two attached hydrogens (primary N) is 1. The first-order valence-electron chi connectivity index (χ1n) is 6.54. The highest BCUT2D eigenvalue weighted by atomic mass is 79.9. The summed E-state index contributed by atoms with van der Waals surface area (Å²) in [5.41, 5.74) is 4.22. The highest BCUT2D eigenvalue weighted by Crippen LogP contribution is 2.24. The minimum atomic E-state index is 0.284. The van der Waals surface area contributed by atoms with Crippen molar-refractivity contribution in [2.24, 2.45) is 5.84 Å². The van der Waals surface area contributed by atoms with Gasteiger partial charge in [0.05, 0.1) is 7.11 Å². The van der Waals surface area contributed by atoms with E-state index in [1.807, 2.05) is 12.1 Å². The van der Waals surface area contributed by atoms with Gasteiger partial charge in [-0.25, -0.2) is 0 Å². The number of rotatable bonds is 7. The average Bonchev–Trinajstić information content (AvgIpc) is 2.89. The summed E-state index contributed by atoms with van der Waals surface area (Å²) in [6.07, 6.45) is 2.96. The van der Waals surface area contributed by atoms with Crippen LogP contribution in [0.25, 0.3) is 0 Å². The van der Waals surface area contributed by atoms with E-state index >= 15 is 0 Å². The lowest BCUT2D eigenvalue weighted by Crippen LogP contribution is -2.37. The lowest BCUT2D eigenvalue weighted by atomic mass is 10.0. The fraction of sp³-hybridized carbons (Fsp3) is 0.333. The van der Waals surface area contributed by atoms with Crippen LogP contribution in [0.5, 0.6) is 5.75 Å². The van der Waals surface area contributed by atoms with Crippen LogP contribution in [-0.2, 0) is 12.8 Å². The van der Waals surface area contributed by atoms with Gasteiger partial charge in [0.15, 0.2) is 0 Å². The molecule has 2 aromatic rings. The van der Waals surface area contributed by atoms with Crippen molar-refractivity contribution in [2.75, 3.05) is 7.11 Å². The molecule has 0 saturated carbocycles. The van der Waals surface area contributed by atoms with E-state index < -0.39 is 0 Å². The predicted molar refractivity (Wildman–Crippen MR) is 88.1 cm³/mol. The second-order valence-corrected chi connectivity index (χ2v) is 6.50. The molecule has 1 aromatic heterocycles. The van der Waals surface area contributed by atoms with Crippen LogP contribution in [0.15, 0.2) is 40.2 Å². The smallest absolute Gasteiger partial charge is 0.118 e. The summed E-state index contributed by atoms with van der Waals surface area (Å²) in [5, 5.41) is 2.09. The van der Waals surface area contributed by atoms with E-state index in [2.05, 4.69) is 44.9 Å². The maximum Gasteiger partial charge on any atom is 0.118 e. The minimum absolute atomic E-state index is 0.284. The molecule has 0 saturated heterocycles. The SMILES string of the molecule is COc1ccc(CCC(Cc2sccc2Br)NN)cc1. The molecule has 1 heterocycles. The van der Waals surface area contributed by atoms with Gasteiger partial charge in [0.25, 0.3) is 0 Å². The van der Waals surface area contributed by atoms with Crippen molar-refractivity contribution in [3.63, 3.8) is 0 Å². The Labute approximate surface area is 132 Å². The molecule has 108 valence electrons. The molecule has 2 rings (SSSR count). The van der Waals surface area contributed by atoms with E-state index in [1.165, 1.54) is 14.9 Å². The van der Waals surface area contributed by atoms with Crippen molar-refractivity contribution in [1.29, 1.82) is 0 Å². The van der Waals surface area contributed by atoms with Crippen LogP contribution >= 0.6 is 27.3 Å². The van der Waals surface area contributed by atoms with Gasteiger partial charge in [-0.3, -0.25) is 11.3 Å². The van der Waals surface area contributed by atoms with Gasteiger partial charge in [-0.05, 0) is 64.3 Å². The molecule has 0 aliphatic rings. The third-order valence-electron chi connectivity index (χ3n) is 3.30. The summed E-state index contributed by atoms with van der Waals surface area (Å²) < 4.78 is 6.34. The first-order valence-corrected chi connectivity index (χ1v) is 8.21. The number of ether oxygens (including phenoxy) is 1. The molecule has 0 aliphatic carbocycles. The molecular weight excluding hydrogens is 336 g/mol. The molecule has 0 amide bonds. The molecule has 1 atom stereocenters. The summed E-state index contributed by atoms with van der Waals surface area (Å²) in [5.74, 6) is 6.56. The molecule has 0 spiro atoms. The third-order valence-corrected chi connectivity index (χ3v) is 5.25. The van der Waals surface area contributed by atoms with Gasteiger partial charge in [-0.2, -0.15) is 0 Å². The monoisotopic (exact) mass is 354 g/mol. The lowest BCUT2D eigenvalue weighted by molar-refractivity contribution is 0.414. The zero-order chi connectivity index (χ0) is 14.4. The molecule has 20 heavy (non-hydrogen) atoms. The zero-order valence-electron chi connectivity index (χ0n) is 11.4. The number of nitrogens with one attached hydrogen (secondary N) is 1. The third kappa shape index (κ3) is 4.31. The standard InChI is InChI=1S/C15H19BrN2OS/c1-19-13-6-3-11(4-7-13)2-5-12(18-17)10-15-14(16)8-9-20-15/h3-4,6-9,12,18H,2,5,10,17H2,1H3. The molecule has 0 aliphatic heterocycles. The zero-order valence-corrected chi connectivity index (χ0v) is 13.8. The minimum Gasteiger partial charge on any atom is -0.497 e. The number of thiophene rings is 1. The Hall–Kier alpha value is -0.880. The molecule has 1 aromatic carbocycles. The van der Waals surface area contributed by atoms with Crippen LogP contribution < -0.4 is 16.0 Å². The van der Waals surface area contributed by atoms with Gasteiger partial charge in [-0.15, -0.1) is 11.3 Å². The Kier molecular flexibility index (Phi) is 6.04. The maximum absolute atomic E-state index is 5.67. The number of benzene rings is 1. The highest BCUT2D eigenvalue weighted by molar-refractivity contribution is 9.10. The Balaban J connectivity index is 1.88. The van der Waals surface area contributed by atoms with Crippen LogP contribution in [0.2, 0.25) is 0 Å². The summed E-state index contributed by atoms with van der Waals surface area (Å²) in [7, 11) is 1.68. The fourth-order valence-electron chi connectivity index (χ4n) is 2.07. The Morgan fingerprint density at radius 3 is 2.60 bits per heavy atom. The van der Waals surface area contributed by atoms with Gasteiger partial charge in [0, 0.05) is 15.4 Å². The predicted octanol–water partition coefficient (Wildman–Crippen LogP) is 3.53. The van der Waals surface area contributed by atoms with Crippen molar-refractivity contribution >= 4 is 27.3 Å². The largest absolute Gasteiger partial charge is 0.497 e. The van der Waals surface area contributed by atoms with Crippen molar-refractivity contribution in [3.8, 4) is 5.75 Å². The summed E-state index contributed by atoms with van der Waals surface area (Å²) in [6.45, 7) is 0. The van der Waals surface area contributed by atoms with Gasteiger partial charge in [0.2, 0.25) is 0 Å². The number of hydrazine groups is 1. The van der Waals surface area contributed by atoms with Crippen LogP contribution in [0, 0.1) is 0 Å². The van der Waals surface area contributed by atoms with Crippen molar-refractivity contribution in [2.45, 2.75) is 25.3 Å². The van der Waals surface area contributed by atoms with Crippen molar-refractivity contribution in [3.05, 3.63) is 50.6 Å². The summed E-state index contributed by atoms with van der Waals surface area (Å²) >= 11 is 5.32. The van der Waals surface area contributed by atoms with Crippen molar-refractivity contribution in [1.82, 2.24) is 5.43 Å². The second kappa shape index (κ2) is 7.78. The van der Waals surface area contributed by atoms with E-state index in [0.717, 1.165) is 25.0 Å². The Morgan fingerprint density at radius 1 is 1.30 bits per heavy atom. The topological polar surface area (TPSA) is 47.3 Å². The van der Waals surface area contributed by atoms with Crippen molar-refractivity contribution < 1.29 is 4.74 Å². The average molecular weight is 355 g/mol. The summed E-state index contributed by atoms with van der Waals surface area (Å²) in [4.78, 5) is 1.34. The number of hydrogen-bond acceptors (Lipinski definition) is 4. The molecule has 3 nitrogen and oxygen atoms in total. The van der Waals surface area contributed by atoms with E-state index in [1.54, 1.807) is 18.4 Å². The number of hydrogen-bond donors (Lipinski definition) is 2. The van der Waals surface area contributed by atoms with E-state index in [4.69, 9.17) is 10.6 Å². The molecule has 5 heteroatoms. The Morgan fingerprint density at radius 2 is 2.05 bits per heavy atom. The molecule has 0 bridgehead atoms. The first kappa shape index (κ1) is 15.5. The maximum atomic E-state index is 5.67. The van der Waals surface area contributed by atoms with Gasteiger partial charge >= 0.3 is 0 Å². The second-order valence-electron chi connectivity index (χ2n) is 4.65. The normalized spacial score (nSPS) is 12.3. The molecule has 0 fully saturated rings. The molecule has 0 radical (unpaired) electrons. The molecule has 1 unspecified atom stereocenters. The van der Waals surface area contributed by atoms with Crippen LogP contribution in [0.3, 0.4) is 0 Å². The van der Waals surface area contributed by atoms with Gasteiger partial charge in [0.1, 0.15) is 5.75 Å². The van der Waals surface area contributed by atoms with Gasteiger partial charge < -0.3 is 4.74 Å². The fourth-order valence-corrected chi connectivity index (χ4v) is 3.67. The van der Waals surface area contributed by atoms with E-state index in [0.29, 0.717) is 0 Å². The number of halogens is 1. The number of methoxy groups -OCH3 is 1. The first-order chi connectivity index (χ1) is 9.72. The highest BCUT2D eigenvalue weighted by Gasteiger charge is 2.11. The van der Waals surface area contributed by atoms with Gasteiger partial charge in [-0.1, -0.05) is 12.1 Å². The molecular formula is C15H19BrN2OS. The summed E-state index contributed by atoms with van der Waals surface area (Å²) in [6, 6.07) is 10.6. The van der Waals surface area contributed by atoms with E-state index in [-0.39, 0.29) is 6.04 Å². The molecule has 3 N–H and O–H groups in total. The van der Waals surface area contributed by atoms with Crippen LogP contribution in [0.4, 0.5) is 0 Å². The quantitative estimate of drug-likeness (QED) is 0.590. The number of aryl methyl sites for hydroxylation is 1.